The highest BCUT2D eigenvalue weighted by atomic mass is 16.6. The topological polar surface area (TPSA) is 66.9 Å². The molecule has 2 amide bonds. The molecule has 174 valence electrons. The summed E-state index contributed by atoms with van der Waals surface area (Å²) >= 11 is 0. The molecule has 0 aromatic heterocycles. The van der Waals surface area contributed by atoms with Crippen molar-refractivity contribution < 1.29 is 19.1 Å². The Morgan fingerprint density at radius 3 is 1.29 bits per heavy atom. The van der Waals surface area contributed by atoms with Crippen LogP contribution >= 0.6 is 0 Å². The van der Waals surface area contributed by atoms with Crippen LogP contribution in [0.5, 0.6) is 0 Å². The van der Waals surface area contributed by atoms with Crippen LogP contribution in [0.3, 0.4) is 0 Å². The van der Waals surface area contributed by atoms with Crippen LogP contribution in [-0.2, 0) is 4.74 Å². The summed E-state index contributed by atoms with van der Waals surface area (Å²) in [6.07, 6.45) is 0. The second-order valence-corrected chi connectivity index (χ2v) is 11.7. The van der Waals surface area contributed by atoms with E-state index in [4.69, 9.17) is 4.74 Å². The van der Waals surface area contributed by atoms with E-state index in [-0.39, 0.29) is 28.2 Å². The maximum absolute atomic E-state index is 13.1. The number of benzene rings is 1. The van der Waals surface area contributed by atoms with Crippen LogP contribution in [0.15, 0.2) is 18.2 Å². The fraction of sp³-hybridized carbons (Fsp3) is 0.640. The summed E-state index contributed by atoms with van der Waals surface area (Å²) < 4.78 is 5.49. The molecule has 0 fully saturated rings. The monoisotopic (exact) mass is 432 g/mol. The van der Waals surface area contributed by atoms with E-state index >= 15 is 0 Å². The minimum Gasteiger partial charge on any atom is -0.456 e. The number of hydrogen-bond donors (Lipinski definition) is 0. The molecular formula is C25H40N2O4. The van der Waals surface area contributed by atoms with E-state index in [0.29, 0.717) is 24.2 Å². The number of rotatable bonds is 5. The molecule has 0 atom stereocenters. The first-order valence-electron chi connectivity index (χ1n) is 10.7. The molecule has 0 aliphatic carbocycles. The summed E-state index contributed by atoms with van der Waals surface area (Å²) in [5, 5.41) is 0. The maximum atomic E-state index is 13.1. The Morgan fingerprint density at radius 1 is 0.677 bits per heavy atom. The maximum Gasteiger partial charge on any atom is 0.338 e. The van der Waals surface area contributed by atoms with Gasteiger partial charge in [0.1, 0.15) is 5.60 Å². The first-order valence-corrected chi connectivity index (χ1v) is 10.7. The summed E-state index contributed by atoms with van der Waals surface area (Å²) in [4.78, 5) is 42.2. The minimum atomic E-state index is -0.687. The lowest BCUT2D eigenvalue weighted by Crippen LogP contribution is -2.36. The van der Waals surface area contributed by atoms with Crippen LogP contribution in [0, 0.1) is 10.8 Å². The second kappa shape index (κ2) is 9.41. The van der Waals surface area contributed by atoms with Crippen molar-refractivity contribution in [3.63, 3.8) is 0 Å². The molecule has 0 heterocycles. The molecule has 0 unspecified atom stereocenters. The highest BCUT2D eigenvalue weighted by molar-refractivity contribution is 6.03. The van der Waals surface area contributed by atoms with Gasteiger partial charge in [-0.15, -0.1) is 0 Å². The Kier molecular flexibility index (Phi) is 8.09. The van der Waals surface area contributed by atoms with Gasteiger partial charge >= 0.3 is 5.97 Å². The van der Waals surface area contributed by atoms with Crippen molar-refractivity contribution in [2.75, 3.05) is 27.2 Å². The number of nitrogens with zero attached hydrogens (tertiary/aromatic N) is 2. The molecule has 0 saturated heterocycles. The largest absolute Gasteiger partial charge is 0.456 e. The number of esters is 1. The van der Waals surface area contributed by atoms with Crippen molar-refractivity contribution in [3.05, 3.63) is 34.9 Å². The number of carbonyl (C=O) groups is 3. The van der Waals surface area contributed by atoms with Gasteiger partial charge in [-0.2, -0.15) is 0 Å². The molecule has 0 bridgehead atoms. The third-order valence-corrected chi connectivity index (χ3v) is 4.18. The summed E-state index contributed by atoms with van der Waals surface area (Å²) in [6, 6.07) is 4.59. The van der Waals surface area contributed by atoms with Crippen LogP contribution < -0.4 is 0 Å². The molecule has 31 heavy (non-hydrogen) atoms. The van der Waals surface area contributed by atoms with Gasteiger partial charge in [0.2, 0.25) is 0 Å². The van der Waals surface area contributed by atoms with Crippen molar-refractivity contribution in [1.82, 2.24) is 9.80 Å². The Bertz CT molecular complexity index is 771. The molecule has 1 rings (SSSR count). The zero-order valence-corrected chi connectivity index (χ0v) is 21.2. The first-order chi connectivity index (χ1) is 13.8. The standard InChI is InChI=1S/C25H40N2O4/c1-23(2,3)15-26(10)20(28)17-12-18(21(29)27(11)16-24(4,5)6)14-19(13-17)22(30)31-25(7,8)9/h12-14H,15-16H2,1-11H3. The average Bonchev–Trinajstić information content (AvgIpc) is 2.55. The highest BCUT2D eigenvalue weighted by Crippen LogP contribution is 2.21. The summed E-state index contributed by atoms with van der Waals surface area (Å²) in [5.74, 6) is -1.05. The van der Waals surface area contributed by atoms with Crippen LogP contribution in [0.25, 0.3) is 0 Å². The van der Waals surface area contributed by atoms with Gasteiger partial charge in [-0.3, -0.25) is 9.59 Å². The van der Waals surface area contributed by atoms with E-state index in [1.165, 1.54) is 12.1 Å². The molecule has 0 spiro atoms. The average molecular weight is 433 g/mol. The lowest BCUT2D eigenvalue weighted by atomic mass is 9.95. The number of amides is 2. The lowest BCUT2D eigenvalue weighted by molar-refractivity contribution is 0.00694. The van der Waals surface area contributed by atoms with Gasteiger partial charge in [0.15, 0.2) is 0 Å². The molecule has 1 aromatic carbocycles. The fourth-order valence-electron chi connectivity index (χ4n) is 3.34. The number of ether oxygens (including phenoxy) is 1. The van der Waals surface area contributed by atoms with Gasteiger partial charge in [0.05, 0.1) is 5.56 Å². The Balaban J connectivity index is 3.42. The SMILES string of the molecule is CN(CC(C)(C)C)C(=O)c1cc(C(=O)OC(C)(C)C)cc(C(=O)N(C)CC(C)(C)C)c1. The van der Waals surface area contributed by atoms with Crippen molar-refractivity contribution in [3.8, 4) is 0 Å². The van der Waals surface area contributed by atoms with Gasteiger partial charge in [-0.25, -0.2) is 4.79 Å². The zero-order valence-electron chi connectivity index (χ0n) is 21.2. The molecule has 0 N–H and O–H groups in total. The van der Waals surface area contributed by atoms with E-state index in [9.17, 15) is 14.4 Å². The molecule has 6 nitrogen and oxygen atoms in total. The Labute approximate surface area is 187 Å². The Morgan fingerprint density at radius 2 is 1.00 bits per heavy atom. The Hall–Kier alpha value is -2.37. The fourth-order valence-corrected chi connectivity index (χ4v) is 3.34. The number of hydrogen-bond acceptors (Lipinski definition) is 4. The highest BCUT2D eigenvalue weighted by Gasteiger charge is 2.26. The summed E-state index contributed by atoms with van der Waals surface area (Å²) in [6.45, 7) is 18.7. The van der Waals surface area contributed by atoms with Crippen molar-refractivity contribution in [2.45, 2.75) is 67.9 Å². The van der Waals surface area contributed by atoms with Crippen LogP contribution in [0.2, 0.25) is 0 Å². The van der Waals surface area contributed by atoms with Crippen LogP contribution in [0.1, 0.15) is 93.4 Å². The van der Waals surface area contributed by atoms with E-state index in [2.05, 4.69) is 0 Å². The van der Waals surface area contributed by atoms with Gasteiger partial charge < -0.3 is 14.5 Å². The normalized spacial score (nSPS) is 12.4. The van der Waals surface area contributed by atoms with Crippen molar-refractivity contribution in [2.24, 2.45) is 10.8 Å². The van der Waals surface area contributed by atoms with Gasteiger partial charge in [0.25, 0.3) is 11.8 Å². The van der Waals surface area contributed by atoms with Crippen molar-refractivity contribution in [1.29, 1.82) is 0 Å². The summed E-state index contributed by atoms with van der Waals surface area (Å²) in [5.41, 5.74) is -0.0760. The molecule has 0 radical (unpaired) electrons. The summed E-state index contributed by atoms with van der Waals surface area (Å²) in [7, 11) is 3.45. The van der Waals surface area contributed by atoms with Crippen LogP contribution in [0.4, 0.5) is 0 Å². The predicted molar refractivity (Wildman–Crippen MR) is 124 cm³/mol. The van der Waals surface area contributed by atoms with Gasteiger partial charge in [0, 0.05) is 38.3 Å². The molecular weight excluding hydrogens is 392 g/mol. The van der Waals surface area contributed by atoms with E-state index < -0.39 is 11.6 Å². The quantitative estimate of drug-likeness (QED) is 0.622. The number of carbonyl (C=O) groups excluding carboxylic acids is 3. The van der Waals surface area contributed by atoms with E-state index in [1.54, 1.807) is 50.7 Å². The predicted octanol–water partition coefficient (Wildman–Crippen LogP) is 4.88. The molecule has 1 aromatic rings. The lowest BCUT2D eigenvalue weighted by Gasteiger charge is -2.28. The molecule has 0 saturated carbocycles. The van der Waals surface area contributed by atoms with Gasteiger partial charge in [-0.05, 0) is 49.8 Å². The second-order valence-electron chi connectivity index (χ2n) is 11.7. The van der Waals surface area contributed by atoms with Crippen LogP contribution in [-0.4, -0.2) is 60.4 Å². The van der Waals surface area contributed by atoms with Gasteiger partial charge in [-0.1, -0.05) is 41.5 Å². The molecule has 6 heteroatoms. The molecule has 0 aliphatic heterocycles. The molecule has 0 aliphatic rings. The van der Waals surface area contributed by atoms with Crippen molar-refractivity contribution >= 4 is 17.8 Å². The first kappa shape index (κ1) is 26.7. The van der Waals surface area contributed by atoms with E-state index in [0.717, 1.165) is 0 Å². The third-order valence-electron chi connectivity index (χ3n) is 4.18. The minimum absolute atomic E-state index is 0.0846. The third kappa shape index (κ3) is 9.11. The van der Waals surface area contributed by atoms with E-state index in [1.807, 2.05) is 41.5 Å². The smallest absolute Gasteiger partial charge is 0.338 e. The zero-order chi connectivity index (χ0) is 24.4.